The smallest absolute Gasteiger partial charge is 0.407 e. The van der Waals surface area contributed by atoms with E-state index in [4.69, 9.17) is 4.74 Å². The van der Waals surface area contributed by atoms with Crippen LogP contribution in [0.2, 0.25) is 0 Å². The number of fused-ring (bicyclic) bond motifs is 1. The average molecular weight is 642 g/mol. The van der Waals surface area contributed by atoms with E-state index < -0.39 is 11.9 Å². The summed E-state index contributed by atoms with van der Waals surface area (Å²) in [6.07, 6.45) is 21.4. The van der Waals surface area contributed by atoms with E-state index in [-0.39, 0.29) is 11.9 Å². The van der Waals surface area contributed by atoms with E-state index in [9.17, 15) is 19.1 Å². The van der Waals surface area contributed by atoms with Crippen LogP contribution in [0.4, 0.5) is 15.0 Å². The quantitative estimate of drug-likeness (QED) is 0.183. The fraction of sp³-hybridized carbons (Fsp3) is 0.611. The first-order valence-electron chi connectivity index (χ1n) is 17.2. The number of rotatable bonds is 12. The van der Waals surface area contributed by atoms with Gasteiger partial charge in [-0.15, -0.1) is 0 Å². The second-order valence-electron chi connectivity index (χ2n) is 11.9. The second-order valence-corrected chi connectivity index (χ2v) is 11.9. The van der Waals surface area contributed by atoms with Crippen LogP contribution in [0.15, 0.2) is 43.0 Å². The van der Waals surface area contributed by atoms with Crippen LogP contribution < -0.4 is 4.90 Å². The molecule has 256 valence electrons. The summed E-state index contributed by atoms with van der Waals surface area (Å²) in [4.78, 5) is 29.2. The molecule has 1 saturated carbocycles. The summed E-state index contributed by atoms with van der Waals surface area (Å²) >= 11 is 0. The molecule has 0 radical (unpaired) electrons. The van der Waals surface area contributed by atoms with Gasteiger partial charge in [0, 0.05) is 38.2 Å². The number of piperazine rings is 1. The Balaban J connectivity index is 0.000000577. The highest BCUT2D eigenvalue weighted by Gasteiger charge is 2.25. The Morgan fingerprint density at radius 2 is 1.72 bits per heavy atom. The summed E-state index contributed by atoms with van der Waals surface area (Å²) in [6.45, 7) is 15.8. The summed E-state index contributed by atoms with van der Waals surface area (Å²) in [5.74, 6) is 0.572. The third-order valence-electron chi connectivity index (χ3n) is 7.97. The summed E-state index contributed by atoms with van der Waals surface area (Å²) in [6, 6.07) is 0. The largest absolute Gasteiger partial charge is 0.490 e. The molecule has 1 amide bonds. The van der Waals surface area contributed by atoms with Gasteiger partial charge in [0.15, 0.2) is 17.3 Å². The van der Waals surface area contributed by atoms with Gasteiger partial charge in [-0.05, 0) is 45.4 Å². The van der Waals surface area contributed by atoms with Gasteiger partial charge in [0.05, 0.1) is 24.1 Å². The predicted octanol–water partition coefficient (Wildman–Crippen LogP) is 8.84. The third-order valence-corrected chi connectivity index (χ3v) is 7.97. The van der Waals surface area contributed by atoms with Crippen molar-refractivity contribution in [2.75, 3.05) is 31.1 Å². The Morgan fingerprint density at radius 3 is 2.26 bits per heavy atom. The Bertz CT molecular complexity index is 1290. The number of ketones is 1. The molecule has 0 unspecified atom stereocenters. The minimum absolute atomic E-state index is 0.146. The number of carboxylic acid groups (broad SMARTS) is 1. The first-order valence-corrected chi connectivity index (χ1v) is 17.2. The molecular weight excluding hydrogens is 585 g/mol. The van der Waals surface area contributed by atoms with Crippen LogP contribution in [-0.4, -0.2) is 68.8 Å². The Hall–Kier alpha value is -3.69. The van der Waals surface area contributed by atoms with Gasteiger partial charge in [-0.25, -0.2) is 18.7 Å². The first kappa shape index (κ1) is 38.5. The lowest BCUT2D eigenvalue weighted by Crippen LogP contribution is -2.48. The standard InChI is InChI=1S/C26H34FN5O3.C6H12O.C4H10/c1-3-4-5-9-12-21(19(2)35-20-10-7-6-8-11-20)22-17-28-32-18-23(27)25(29-24(22)32)30-13-15-31(16-14-30)26(33)34;1-3-4-5-6(2)7;1-3-4-2/h5,9,12,17-18,20H,2-4,6-8,10-11,13-16H2,1H3,(H,33,34);3-5H2,1-2H3;3-4H2,1-2H3/b9-5-,21-12+;;. The van der Waals surface area contributed by atoms with Crippen molar-refractivity contribution in [3.05, 3.63) is 54.3 Å². The van der Waals surface area contributed by atoms with E-state index in [1.54, 1.807) is 18.0 Å². The molecule has 46 heavy (non-hydrogen) atoms. The molecule has 3 heterocycles. The lowest BCUT2D eigenvalue weighted by Gasteiger charge is -2.33. The molecular formula is C36H56FN5O4. The number of hydrogen-bond acceptors (Lipinski definition) is 6. The maximum absolute atomic E-state index is 15.0. The van der Waals surface area contributed by atoms with E-state index in [2.05, 4.69) is 50.4 Å². The zero-order valence-electron chi connectivity index (χ0n) is 28.8. The summed E-state index contributed by atoms with van der Waals surface area (Å²) in [5.41, 5.74) is 2.00. The van der Waals surface area contributed by atoms with Crippen LogP contribution >= 0.6 is 0 Å². The zero-order valence-corrected chi connectivity index (χ0v) is 28.8. The number of ether oxygens (including phenoxy) is 1. The number of nitrogens with zero attached hydrogens (tertiary/aromatic N) is 5. The van der Waals surface area contributed by atoms with Crippen molar-refractivity contribution in [2.24, 2.45) is 0 Å². The number of aromatic nitrogens is 3. The van der Waals surface area contributed by atoms with Crippen molar-refractivity contribution in [1.29, 1.82) is 0 Å². The van der Waals surface area contributed by atoms with E-state index in [0.29, 0.717) is 43.4 Å². The number of Topliss-reactive ketones (excluding diaryl/α,β-unsaturated/α-hetero) is 1. The van der Waals surface area contributed by atoms with Crippen molar-refractivity contribution in [1.82, 2.24) is 19.5 Å². The van der Waals surface area contributed by atoms with Crippen molar-refractivity contribution >= 4 is 28.9 Å². The molecule has 0 aromatic carbocycles. The molecule has 10 heteroatoms. The highest BCUT2D eigenvalue weighted by atomic mass is 19.1. The highest BCUT2D eigenvalue weighted by Crippen LogP contribution is 2.31. The maximum Gasteiger partial charge on any atom is 0.407 e. The van der Waals surface area contributed by atoms with Crippen LogP contribution in [0.3, 0.4) is 0 Å². The fourth-order valence-electron chi connectivity index (χ4n) is 5.04. The fourth-order valence-corrected chi connectivity index (χ4v) is 5.04. The molecule has 4 rings (SSSR count). The Labute approximate surface area is 275 Å². The predicted molar refractivity (Wildman–Crippen MR) is 185 cm³/mol. The monoisotopic (exact) mass is 641 g/mol. The summed E-state index contributed by atoms with van der Waals surface area (Å²) in [5, 5.41) is 13.6. The van der Waals surface area contributed by atoms with Crippen LogP contribution in [0.5, 0.6) is 0 Å². The Kier molecular flexibility index (Phi) is 17.7. The van der Waals surface area contributed by atoms with Crippen LogP contribution in [0.1, 0.15) is 117 Å². The molecule has 1 aliphatic heterocycles. The molecule has 1 saturated heterocycles. The third kappa shape index (κ3) is 12.6. The Morgan fingerprint density at radius 1 is 1.04 bits per heavy atom. The number of halogens is 1. The number of amides is 1. The topological polar surface area (TPSA) is 100 Å². The minimum Gasteiger partial charge on any atom is -0.490 e. The van der Waals surface area contributed by atoms with Gasteiger partial charge in [0.2, 0.25) is 0 Å². The number of allylic oxidation sites excluding steroid dienone is 4. The van der Waals surface area contributed by atoms with E-state index in [0.717, 1.165) is 68.9 Å². The van der Waals surface area contributed by atoms with Crippen molar-refractivity contribution in [3.63, 3.8) is 0 Å². The molecule has 1 N–H and O–H groups in total. The van der Waals surface area contributed by atoms with Crippen LogP contribution in [0.25, 0.3) is 11.2 Å². The van der Waals surface area contributed by atoms with Gasteiger partial charge in [-0.2, -0.15) is 5.10 Å². The maximum atomic E-state index is 15.0. The lowest BCUT2D eigenvalue weighted by atomic mass is 9.97. The van der Waals surface area contributed by atoms with Crippen molar-refractivity contribution in [3.8, 4) is 0 Å². The summed E-state index contributed by atoms with van der Waals surface area (Å²) in [7, 11) is 0. The number of hydrogen-bond donors (Lipinski definition) is 1. The second kappa shape index (κ2) is 21.2. The highest BCUT2D eigenvalue weighted by molar-refractivity contribution is 5.85. The molecule has 2 aromatic heterocycles. The number of carbonyl (C=O) groups excluding carboxylic acids is 1. The molecule has 2 aliphatic rings. The molecule has 2 fully saturated rings. The van der Waals surface area contributed by atoms with E-state index in [1.807, 2.05) is 12.2 Å². The first-order chi connectivity index (χ1) is 22.2. The van der Waals surface area contributed by atoms with Gasteiger partial charge >= 0.3 is 6.09 Å². The van der Waals surface area contributed by atoms with Gasteiger partial charge in [0.1, 0.15) is 11.5 Å². The zero-order chi connectivity index (χ0) is 33.9. The van der Waals surface area contributed by atoms with Crippen molar-refractivity contribution < 1.29 is 23.8 Å². The van der Waals surface area contributed by atoms with E-state index >= 15 is 0 Å². The molecule has 0 spiro atoms. The average Bonchev–Trinajstić information content (AvgIpc) is 3.46. The number of carbonyl (C=O) groups is 2. The van der Waals surface area contributed by atoms with Gasteiger partial charge < -0.3 is 24.4 Å². The number of unbranched alkanes of at least 4 members (excludes halogenated alkanes) is 3. The van der Waals surface area contributed by atoms with Crippen molar-refractivity contribution in [2.45, 2.75) is 118 Å². The van der Waals surface area contributed by atoms with Gasteiger partial charge in [-0.3, -0.25) is 0 Å². The SMILES string of the molecule is C=C(OC1CCCCC1)/C(=C\C=C/CCC)c1cnn2cc(F)c(N3CCN(C(=O)O)CC3)nc12.CCCC.CCCCC(C)=O. The molecule has 0 bridgehead atoms. The van der Waals surface area contributed by atoms with Crippen LogP contribution in [-0.2, 0) is 9.53 Å². The molecule has 2 aromatic rings. The number of anilines is 1. The summed E-state index contributed by atoms with van der Waals surface area (Å²) < 4.78 is 22.7. The minimum atomic E-state index is -0.964. The van der Waals surface area contributed by atoms with Gasteiger partial charge in [0.25, 0.3) is 0 Å². The van der Waals surface area contributed by atoms with Crippen LogP contribution in [0, 0.1) is 5.82 Å². The molecule has 0 atom stereocenters. The van der Waals surface area contributed by atoms with Gasteiger partial charge in [-0.1, -0.05) is 84.6 Å². The lowest BCUT2D eigenvalue weighted by molar-refractivity contribution is -0.117. The molecule has 9 nitrogen and oxygen atoms in total. The van der Waals surface area contributed by atoms with E-state index in [1.165, 1.54) is 34.9 Å². The normalized spacial score (nSPS) is 15.7. The molecule has 1 aliphatic carbocycles.